The number of nitrogens with zero attached hydrogens (tertiary/aromatic N) is 3. The van der Waals surface area contributed by atoms with Gasteiger partial charge in [-0.25, -0.2) is 0 Å². The Balaban J connectivity index is 0.000000233. The molecular formula is C40H52Cl2N4O3RuS. The van der Waals surface area contributed by atoms with Crippen LogP contribution in [0.5, 0.6) is 5.75 Å². The molecular weight excluding hydrogens is 789 g/mol. The van der Waals surface area contributed by atoms with Crippen molar-refractivity contribution in [3.05, 3.63) is 118 Å². The van der Waals surface area contributed by atoms with E-state index < -0.39 is 23.5 Å². The van der Waals surface area contributed by atoms with Crippen molar-refractivity contribution >= 4 is 51.1 Å². The molecule has 1 aliphatic rings. The molecule has 0 amide bonds. The van der Waals surface area contributed by atoms with Gasteiger partial charge in [-0.3, -0.25) is 0 Å². The quantitative estimate of drug-likeness (QED) is 0.0747. The fourth-order valence-electron chi connectivity index (χ4n) is 6.58. The minimum absolute atomic E-state index is 0.182. The number of ether oxygens (including phenoxy) is 1. The van der Waals surface area contributed by atoms with Crippen LogP contribution in [0.4, 0.5) is 17.1 Å². The van der Waals surface area contributed by atoms with Crippen molar-refractivity contribution in [1.29, 1.82) is 0 Å². The summed E-state index contributed by atoms with van der Waals surface area (Å²) in [5, 5.41) is 3.39. The van der Waals surface area contributed by atoms with Gasteiger partial charge in [0.1, 0.15) is 0 Å². The van der Waals surface area contributed by atoms with Crippen LogP contribution in [-0.4, -0.2) is 55.4 Å². The number of aromatic hydroxyl groups is 1. The molecule has 0 aromatic heterocycles. The van der Waals surface area contributed by atoms with Crippen molar-refractivity contribution in [2.75, 3.05) is 42.3 Å². The van der Waals surface area contributed by atoms with Crippen molar-refractivity contribution in [3.63, 3.8) is 0 Å². The zero-order chi connectivity index (χ0) is 37.6. The number of rotatable bonds is 10. The number of hydrogen-bond donors (Lipinski definition) is 1. The Bertz CT molecular complexity index is 1890. The van der Waals surface area contributed by atoms with E-state index in [4.69, 9.17) is 19.4 Å². The van der Waals surface area contributed by atoms with Crippen molar-refractivity contribution in [2.45, 2.75) is 72.9 Å². The molecule has 1 saturated heterocycles. The van der Waals surface area contributed by atoms with Gasteiger partial charge in [-0.2, -0.15) is 6.67 Å². The summed E-state index contributed by atoms with van der Waals surface area (Å²) >= 11 is -2.13. The first kappa shape index (κ1) is 40.8. The van der Waals surface area contributed by atoms with Crippen molar-refractivity contribution in [1.82, 2.24) is 4.31 Å². The normalized spacial score (nSPS) is 13.3. The molecule has 0 saturated carbocycles. The minimum atomic E-state index is -3.53. The molecule has 1 aliphatic heterocycles. The maximum atomic E-state index is 12.4. The average molecular weight is 841 g/mol. The first-order valence-corrected chi connectivity index (χ1v) is 23.9. The molecule has 5 rings (SSSR count). The second kappa shape index (κ2) is 17.7. The molecule has 0 spiro atoms. The van der Waals surface area contributed by atoms with E-state index >= 15 is 0 Å². The Hall–Kier alpha value is -2.94. The van der Waals surface area contributed by atoms with E-state index in [1.807, 2.05) is 38.1 Å². The summed E-state index contributed by atoms with van der Waals surface area (Å²) in [5.41, 5.74) is 13.4. The molecule has 0 aliphatic carbocycles. The molecule has 7 nitrogen and oxygen atoms in total. The minimum Gasteiger partial charge on any atom is -0.502 e. The summed E-state index contributed by atoms with van der Waals surface area (Å²) in [7, 11) is 11.6. The van der Waals surface area contributed by atoms with Crippen LogP contribution in [0.15, 0.2) is 71.6 Å². The third kappa shape index (κ3) is 10.6. The second-order valence-corrected chi connectivity index (χ2v) is 21.4. The van der Waals surface area contributed by atoms with Gasteiger partial charge in [-0.05, 0) is 63.8 Å². The number of nitrogens with one attached hydrogen (secondary N) is 1. The zero-order valence-corrected chi connectivity index (χ0v) is 35.4. The number of halogens is 2. The Morgan fingerprint density at radius 3 is 1.82 bits per heavy atom. The summed E-state index contributed by atoms with van der Waals surface area (Å²) < 4.78 is 32.4. The van der Waals surface area contributed by atoms with Gasteiger partial charge >= 0.3 is 181 Å². The first-order chi connectivity index (χ1) is 24.0. The van der Waals surface area contributed by atoms with Crippen molar-refractivity contribution in [3.8, 4) is 5.75 Å². The molecule has 1 heterocycles. The van der Waals surface area contributed by atoms with E-state index in [1.165, 1.54) is 63.2 Å². The molecule has 0 radical (unpaired) electrons. The van der Waals surface area contributed by atoms with Gasteiger partial charge in [0.15, 0.2) is 0 Å². The van der Waals surface area contributed by atoms with Gasteiger partial charge in [0.05, 0.1) is 0 Å². The average Bonchev–Trinajstić information content (AvgIpc) is 3.48. The number of aliphatic hydroxyl groups is 1. The second-order valence-electron chi connectivity index (χ2n) is 13.5. The van der Waals surface area contributed by atoms with E-state index in [0.717, 1.165) is 35.7 Å². The largest absolute Gasteiger partial charge is 0.502 e. The molecule has 0 unspecified atom stereocenters. The van der Waals surface area contributed by atoms with Crippen LogP contribution < -0.4 is 15.1 Å². The van der Waals surface area contributed by atoms with Gasteiger partial charge < -0.3 is 9.80 Å². The fraction of sp³-hybridized carbons (Fsp3) is 0.350. The molecule has 4 aromatic carbocycles. The number of benzene rings is 4. The van der Waals surface area contributed by atoms with Crippen LogP contribution in [-0.2, 0) is 30.1 Å². The SMILES string of the molecule is CC(C)[OH+]c1ccccc1NCc1ccc(S(=O)(=O)N(C)C)cc1[CH]=[Ru]([Cl])[Cl].Cc1cc(C)c(N2[CH-]N(c3c(C)cc(C)cc3C)CC2)c(C)c1. The number of aryl methyl sites for hydroxylation is 6. The predicted octanol–water partition coefficient (Wildman–Crippen LogP) is 9.26. The maximum absolute atomic E-state index is 12.4. The number of sulfonamides is 1. The molecule has 51 heavy (non-hydrogen) atoms. The van der Waals surface area contributed by atoms with Crippen LogP contribution in [0.2, 0.25) is 0 Å². The molecule has 4 aromatic rings. The Labute approximate surface area is 319 Å². The van der Waals surface area contributed by atoms with E-state index in [0.29, 0.717) is 6.54 Å². The molecule has 0 atom stereocenters. The van der Waals surface area contributed by atoms with Crippen LogP contribution in [0, 0.1) is 48.2 Å². The van der Waals surface area contributed by atoms with Gasteiger partial charge in [-0.15, -0.1) is 0 Å². The summed E-state index contributed by atoms with van der Waals surface area (Å²) in [4.78, 5) is 5.03. The number of hydrogen-bond acceptors (Lipinski definition) is 5. The van der Waals surface area contributed by atoms with Crippen molar-refractivity contribution < 1.29 is 26.7 Å². The van der Waals surface area contributed by atoms with E-state index in [-0.39, 0.29) is 11.0 Å². The molecule has 0 bridgehead atoms. The zero-order valence-electron chi connectivity index (χ0n) is 31.3. The topological polar surface area (TPSA) is 68.7 Å². The van der Waals surface area contributed by atoms with Crippen LogP contribution in [0.3, 0.4) is 0 Å². The molecule has 2 N–H and O–H groups in total. The third-order valence-electron chi connectivity index (χ3n) is 8.56. The third-order valence-corrected chi connectivity index (χ3v) is 12.2. The van der Waals surface area contributed by atoms with Gasteiger partial charge in [-0.1, -0.05) is 35.4 Å². The molecule has 11 heteroatoms. The Kier molecular flexibility index (Phi) is 14.2. The predicted molar refractivity (Wildman–Crippen MR) is 215 cm³/mol. The summed E-state index contributed by atoms with van der Waals surface area (Å²) in [6.07, 6.45) is 0.182. The van der Waals surface area contributed by atoms with Gasteiger partial charge in [0.2, 0.25) is 0 Å². The smallest absolute Gasteiger partial charge is 0.0146 e. The number of anilines is 3. The van der Waals surface area contributed by atoms with E-state index in [2.05, 4.69) is 92.3 Å². The Morgan fingerprint density at radius 1 is 0.843 bits per heavy atom. The summed E-state index contributed by atoms with van der Waals surface area (Å²) in [6, 6.07) is 22.0. The summed E-state index contributed by atoms with van der Waals surface area (Å²) in [6.45, 7) is 22.1. The van der Waals surface area contributed by atoms with E-state index in [9.17, 15) is 8.42 Å². The maximum Gasteiger partial charge on any atom is 0.0146 e. The van der Waals surface area contributed by atoms with Crippen LogP contribution in [0.25, 0.3) is 0 Å². The Morgan fingerprint density at radius 2 is 1.35 bits per heavy atom. The van der Waals surface area contributed by atoms with Crippen LogP contribution in [0.1, 0.15) is 58.4 Å². The standard InChI is InChI=1S/C21H27N2.C19H24N2O3S.2ClH.Ru/c1-14-9-16(3)20(17(4)10-14)22-7-8-23(13-22)21-18(5)11-15(2)12-19(21)6;1-14(2)24-19-9-7-6-8-18(19)20-13-16-10-11-17(12-15(16)3)25(22,23)21(4)5;;;/h9-13H,7-8H2,1-6H3;3,6-12,14,20H,13H2,1-2,4-5H3;2*1H;/q-1;;;;+2/p-1. The number of para-hydroxylation sites is 2. The summed E-state index contributed by atoms with van der Waals surface area (Å²) in [5.74, 6) is 0.886. The van der Waals surface area contributed by atoms with Gasteiger partial charge in [0.25, 0.3) is 0 Å². The van der Waals surface area contributed by atoms with Gasteiger partial charge in [0, 0.05) is 24.5 Å². The van der Waals surface area contributed by atoms with Crippen molar-refractivity contribution in [2.24, 2.45) is 0 Å². The fourth-order valence-corrected chi connectivity index (χ4v) is 9.37. The molecule has 278 valence electrons. The molecule has 1 fully saturated rings. The van der Waals surface area contributed by atoms with Crippen LogP contribution >= 0.6 is 19.4 Å². The first-order valence-electron chi connectivity index (χ1n) is 16.9. The monoisotopic (exact) mass is 840 g/mol. The van der Waals surface area contributed by atoms with E-state index in [1.54, 1.807) is 22.8 Å².